The summed E-state index contributed by atoms with van der Waals surface area (Å²) in [5.41, 5.74) is 2.46. The van der Waals surface area contributed by atoms with E-state index in [1.807, 2.05) is 6.08 Å². The molecule has 2 nitrogen and oxygen atoms in total. The number of hydrogen-bond acceptors (Lipinski definition) is 2. The van der Waals surface area contributed by atoms with Crippen LogP contribution in [0.4, 0.5) is 0 Å². The van der Waals surface area contributed by atoms with Gasteiger partial charge in [-0.05, 0) is 18.9 Å². The molecule has 0 saturated carbocycles. The Morgan fingerprint density at radius 3 is 2.71 bits per heavy atom. The molecule has 0 amide bonds. The summed E-state index contributed by atoms with van der Waals surface area (Å²) in [6.45, 7) is 3.93. The van der Waals surface area contributed by atoms with Crippen LogP contribution >= 0.6 is 0 Å². The molecule has 0 radical (unpaired) electrons. The second kappa shape index (κ2) is 4.18. The predicted molar refractivity (Wildman–Crippen MR) is 57.7 cm³/mol. The third-order valence-electron chi connectivity index (χ3n) is 2.25. The van der Waals surface area contributed by atoms with Gasteiger partial charge in [0.25, 0.3) is 0 Å². The van der Waals surface area contributed by atoms with Crippen LogP contribution in [0.5, 0.6) is 0 Å². The van der Waals surface area contributed by atoms with E-state index < -0.39 is 0 Å². The lowest BCUT2D eigenvalue weighted by molar-refractivity contribution is 0.161. The maximum atomic E-state index is 5.46. The summed E-state index contributed by atoms with van der Waals surface area (Å²) in [6.07, 6.45) is 3.13. The molecule has 0 spiro atoms. The average Bonchev–Trinajstić information content (AvgIpc) is 2.23. The van der Waals surface area contributed by atoms with Gasteiger partial charge in [-0.25, -0.2) is 0 Å². The SMILES string of the molecule is Cc1ccc(/C=C2/NCCCO2)cc1. The molecular weight excluding hydrogens is 174 g/mol. The molecule has 1 N–H and O–H groups in total. The smallest absolute Gasteiger partial charge is 0.187 e. The lowest BCUT2D eigenvalue weighted by atomic mass is 10.1. The minimum absolute atomic E-state index is 0.824. The number of benzene rings is 1. The maximum absolute atomic E-state index is 5.46. The molecule has 1 heterocycles. The van der Waals surface area contributed by atoms with Crippen LogP contribution in [0.2, 0.25) is 0 Å². The normalized spacial score (nSPS) is 18.8. The quantitative estimate of drug-likeness (QED) is 0.732. The summed E-state index contributed by atoms with van der Waals surface area (Å²) in [6, 6.07) is 8.41. The Morgan fingerprint density at radius 1 is 1.29 bits per heavy atom. The molecule has 0 atom stereocenters. The predicted octanol–water partition coefficient (Wildman–Crippen LogP) is 2.30. The molecule has 0 bridgehead atoms. The van der Waals surface area contributed by atoms with Crippen LogP contribution in [-0.2, 0) is 4.74 Å². The van der Waals surface area contributed by atoms with Gasteiger partial charge in [0.2, 0.25) is 0 Å². The summed E-state index contributed by atoms with van der Waals surface area (Å²) < 4.78 is 5.46. The zero-order valence-electron chi connectivity index (χ0n) is 8.42. The minimum Gasteiger partial charge on any atom is -0.479 e. The third-order valence-corrected chi connectivity index (χ3v) is 2.25. The van der Waals surface area contributed by atoms with E-state index in [0.29, 0.717) is 0 Å². The van der Waals surface area contributed by atoms with E-state index in [2.05, 4.69) is 36.5 Å². The lowest BCUT2D eigenvalue weighted by Crippen LogP contribution is -2.24. The van der Waals surface area contributed by atoms with E-state index in [1.54, 1.807) is 0 Å². The van der Waals surface area contributed by atoms with E-state index in [4.69, 9.17) is 4.74 Å². The van der Waals surface area contributed by atoms with Crippen LogP contribution in [-0.4, -0.2) is 13.2 Å². The van der Waals surface area contributed by atoms with Crippen molar-refractivity contribution in [2.45, 2.75) is 13.3 Å². The Morgan fingerprint density at radius 2 is 2.07 bits per heavy atom. The van der Waals surface area contributed by atoms with Crippen molar-refractivity contribution >= 4 is 6.08 Å². The monoisotopic (exact) mass is 189 g/mol. The van der Waals surface area contributed by atoms with Gasteiger partial charge in [0, 0.05) is 12.6 Å². The fraction of sp³-hybridized carbons (Fsp3) is 0.333. The van der Waals surface area contributed by atoms with E-state index in [-0.39, 0.29) is 0 Å². The van der Waals surface area contributed by atoms with Crippen LogP contribution < -0.4 is 5.32 Å². The zero-order valence-corrected chi connectivity index (χ0v) is 8.42. The van der Waals surface area contributed by atoms with Gasteiger partial charge in [-0.2, -0.15) is 0 Å². The molecule has 2 heteroatoms. The number of ether oxygens (including phenoxy) is 1. The van der Waals surface area contributed by atoms with Crippen molar-refractivity contribution in [3.63, 3.8) is 0 Å². The van der Waals surface area contributed by atoms with Gasteiger partial charge in [0.1, 0.15) is 0 Å². The highest BCUT2D eigenvalue weighted by molar-refractivity contribution is 5.51. The number of rotatable bonds is 1. The third kappa shape index (κ3) is 2.28. The molecular formula is C12H15NO. The van der Waals surface area contributed by atoms with Gasteiger partial charge in [-0.15, -0.1) is 0 Å². The molecule has 0 aliphatic carbocycles. The molecule has 0 unspecified atom stereocenters. The highest BCUT2D eigenvalue weighted by Gasteiger charge is 2.03. The van der Waals surface area contributed by atoms with Crippen molar-refractivity contribution in [1.82, 2.24) is 5.32 Å². The molecule has 1 aliphatic rings. The summed E-state index contributed by atoms with van der Waals surface area (Å²) in [4.78, 5) is 0. The Balaban J connectivity index is 2.11. The van der Waals surface area contributed by atoms with Crippen LogP contribution in [0.25, 0.3) is 6.08 Å². The highest BCUT2D eigenvalue weighted by atomic mass is 16.5. The molecule has 0 aromatic heterocycles. The summed E-state index contributed by atoms with van der Waals surface area (Å²) in [5.74, 6) is 0.889. The topological polar surface area (TPSA) is 21.3 Å². The first-order valence-electron chi connectivity index (χ1n) is 5.00. The van der Waals surface area contributed by atoms with E-state index >= 15 is 0 Å². The Bertz CT molecular complexity index is 319. The lowest BCUT2D eigenvalue weighted by Gasteiger charge is -2.17. The van der Waals surface area contributed by atoms with Gasteiger partial charge >= 0.3 is 0 Å². The van der Waals surface area contributed by atoms with Gasteiger partial charge in [-0.1, -0.05) is 29.8 Å². The fourth-order valence-corrected chi connectivity index (χ4v) is 1.42. The van der Waals surface area contributed by atoms with Crippen LogP contribution in [0.3, 0.4) is 0 Å². The first kappa shape index (κ1) is 9.13. The number of hydrogen-bond donors (Lipinski definition) is 1. The molecule has 1 saturated heterocycles. The highest BCUT2D eigenvalue weighted by Crippen LogP contribution is 2.10. The Hall–Kier alpha value is -1.44. The molecule has 74 valence electrons. The second-order valence-corrected chi connectivity index (χ2v) is 3.55. The molecule has 2 rings (SSSR count). The molecule has 14 heavy (non-hydrogen) atoms. The number of nitrogens with one attached hydrogen (secondary N) is 1. The van der Waals surface area contributed by atoms with E-state index in [9.17, 15) is 0 Å². The van der Waals surface area contributed by atoms with Crippen molar-refractivity contribution in [2.24, 2.45) is 0 Å². The van der Waals surface area contributed by atoms with Crippen molar-refractivity contribution < 1.29 is 4.74 Å². The Labute approximate surface area is 84.6 Å². The van der Waals surface area contributed by atoms with Gasteiger partial charge in [0.15, 0.2) is 5.88 Å². The van der Waals surface area contributed by atoms with Crippen LogP contribution in [0, 0.1) is 6.92 Å². The standard InChI is InChI=1S/C12H15NO/c1-10-3-5-11(6-4-10)9-12-13-7-2-8-14-12/h3-6,9,13H,2,7-8H2,1H3/b12-9-. The first-order chi connectivity index (χ1) is 6.84. The molecule has 1 aromatic carbocycles. The maximum Gasteiger partial charge on any atom is 0.187 e. The van der Waals surface area contributed by atoms with Crippen LogP contribution in [0.1, 0.15) is 17.5 Å². The average molecular weight is 189 g/mol. The second-order valence-electron chi connectivity index (χ2n) is 3.55. The van der Waals surface area contributed by atoms with Gasteiger partial charge in [0.05, 0.1) is 6.61 Å². The van der Waals surface area contributed by atoms with Gasteiger partial charge < -0.3 is 10.1 Å². The van der Waals surface area contributed by atoms with Crippen molar-refractivity contribution in [3.8, 4) is 0 Å². The molecule has 1 fully saturated rings. The van der Waals surface area contributed by atoms with Crippen LogP contribution in [0.15, 0.2) is 30.1 Å². The van der Waals surface area contributed by atoms with E-state index in [1.165, 1.54) is 11.1 Å². The molecule has 1 aromatic rings. The summed E-state index contributed by atoms with van der Waals surface area (Å²) >= 11 is 0. The first-order valence-corrected chi connectivity index (χ1v) is 5.00. The minimum atomic E-state index is 0.824. The van der Waals surface area contributed by atoms with Crippen molar-refractivity contribution in [2.75, 3.05) is 13.2 Å². The fourth-order valence-electron chi connectivity index (χ4n) is 1.42. The summed E-state index contributed by atoms with van der Waals surface area (Å²) in [7, 11) is 0. The van der Waals surface area contributed by atoms with Crippen molar-refractivity contribution in [1.29, 1.82) is 0 Å². The summed E-state index contributed by atoms with van der Waals surface area (Å²) in [5, 5.41) is 3.22. The molecule has 1 aliphatic heterocycles. The van der Waals surface area contributed by atoms with E-state index in [0.717, 1.165) is 25.5 Å². The van der Waals surface area contributed by atoms with Crippen molar-refractivity contribution in [3.05, 3.63) is 41.3 Å². The number of aryl methyl sites for hydroxylation is 1. The van der Waals surface area contributed by atoms with Gasteiger partial charge in [-0.3, -0.25) is 0 Å². The largest absolute Gasteiger partial charge is 0.479 e. The Kier molecular flexibility index (Phi) is 2.73. The zero-order chi connectivity index (χ0) is 9.80.